The predicted molar refractivity (Wildman–Crippen MR) is 121 cm³/mol. The molecule has 31 heavy (non-hydrogen) atoms. The Hall–Kier alpha value is -2.84. The molecule has 0 spiro atoms. The molecule has 8 heteroatoms. The third kappa shape index (κ3) is 4.75. The summed E-state index contributed by atoms with van der Waals surface area (Å²) in [5.74, 6) is 0. The molecule has 2 aromatic carbocycles. The molecule has 1 saturated heterocycles. The number of aromatic amines is 1. The van der Waals surface area contributed by atoms with Crippen LogP contribution in [-0.2, 0) is 23.0 Å². The quantitative estimate of drug-likeness (QED) is 0.526. The van der Waals surface area contributed by atoms with E-state index in [1.807, 2.05) is 25.1 Å². The monoisotopic (exact) mass is 440 g/mol. The lowest BCUT2D eigenvalue weighted by atomic mass is 10.1. The average molecular weight is 441 g/mol. The first-order valence-corrected chi connectivity index (χ1v) is 12.1. The lowest BCUT2D eigenvalue weighted by Gasteiger charge is -2.15. The number of para-hydroxylation sites is 1. The highest BCUT2D eigenvalue weighted by Crippen LogP contribution is 2.22. The van der Waals surface area contributed by atoms with Gasteiger partial charge in [-0.05, 0) is 55.5 Å². The molecule has 0 saturated carbocycles. The first-order valence-electron chi connectivity index (χ1n) is 10.6. The molecule has 3 aromatic rings. The van der Waals surface area contributed by atoms with Crippen LogP contribution in [0.1, 0.15) is 29.7 Å². The van der Waals surface area contributed by atoms with Crippen molar-refractivity contribution in [2.24, 2.45) is 0 Å². The van der Waals surface area contributed by atoms with Crippen LogP contribution in [0.15, 0.2) is 53.4 Å². The lowest BCUT2D eigenvalue weighted by Crippen LogP contribution is -2.36. The van der Waals surface area contributed by atoms with E-state index in [1.165, 1.54) is 15.3 Å². The standard InChI is InChI=1S/C23H28N4O3S/c1-17-20(21-6-2-3-7-22(21)26-17)12-13-24-23(28)25-16-18-8-10-19(11-9-18)31(29,30)27-14-4-5-15-27/h2-3,6-11,26H,4-5,12-16H2,1H3,(H2,24,25,28). The van der Waals surface area contributed by atoms with Gasteiger partial charge < -0.3 is 15.6 Å². The van der Waals surface area contributed by atoms with E-state index in [9.17, 15) is 13.2 Å². The van der Waals surface area contributed by atoms with E-state index in [-0.39, 0.29) is 6.03 Å². The van der Waals surface area contributed by atoms with Gasteiger partial charge in [0.25, 0.3) is 0 Å². The molecule has 0 aliphatic carbocycles. The van der Waals surface area contributed by atoms with Crippen LogP contribution in [0.3, 0.4) is 0 Å². The minimum absolute atomic E-state index is 0.244. The number of carbonyl (C=O) groups excluding carboxylic acids is 1. The van der Waals surface area contributed by atoms with Gasteiger partial charge in [-0.2, -0.15) is 4.31 Å². The third-order valence-electron chi connectivity index (χ3n) is 5.77. The van der Waals surface area contributed by atoms with E-state index < -0.39 is 10.0 Å². The van der Waals surface area contributed by atoms with E-state index in [0.29, 0.717) is 31.1 Å². The number of aryl methyl sites for hydroxylation is 1. The Morgan fingerprint density at radius 3 is 2.48 bits per heavy atom. The van der Waals surface area contributed by atoms with Crippen molar-refractivity contribution in [2.45, 2.75) is 37.6 Å². The van der Waals surface area contributed by atoms with Gasteiger partial charge in [0.1, 0.15) is 0 Å². The number of nitrogens with one attached hydrogen (secondary N) is 3. The SMILES string of the molecule is Cc1[nH]c2ccccc2c1CCNC(=O)NCc1ccc(S(=O)(=O)N2CCCC2)cc1. The van der Waals surface area contributed by atoms with Crippen LogP contribution in [0, 0.1) is 6.92 Å². The Labute approximate surface area is 182 Å². The van der Waals surface area contributed by atoms with E-state index in [0.717, 1.165) is 36.0 Å². The number of H-pyrrole nitrogens is 1. The van der Waals surface area contributed by atoms with E-state index in [2.05, 4.69) is 21.7 Å². The normalized spacial score (nSPS) is 14.7. The van der Waals surface area contributed by atoms with Gasteiger partial charge in [0.2, 0.25) is 10.0 Å². The number of hydrogen-bond acceptors (Lipinski definition) is 3. The highest BCUT2D eigenvalue weighted by molar-refractivity contribution is 7.89. The summed E-state index contributed by atoms with van der Waals surface area (Å²) in [6.07, 6.45) is 2.57. The molecule has 7 nitrogen and oxygen atoms in total. The number of rotatable bonds is 7. The maximum absolute atomic E-state index is 12.6. The first-order chi connectivity index (χ1) is 14.9. The van der Waals surface area contributed by atoms with Crippen LogP contribution in [0.25, 0.3) is 10.9 Å². The Balaban J connectivity index is 1.26. The van der Waals surface area contributed by atoms with Gasteiger partial charge in [-0.15, -0.1) is 0 Å². The minimum atomic E-state index is -3.41. The van der Waals surface area contributed by atoms with Crippen molar-refractivity contribution in [1.82, 2.24) is 19.9 Å². The van der Waals surface area contributed by atoms with Crippen LogP contribution in [0.5, 0.6) is 0 Å². The predicted octanol–water partition coefficient (Wildman–Crippen LogP) is 3.30. The number of benzene rings is 2. The molecule has 4 rings (SSSR count). The number of amides is 2. The van der Waals surface area contributed by atoms with Crippen LogP contribution < -0.4 is 10.6 Å². The highest BCUT2D eigenvalue weighted by atomic mass is 32.2. The fourth-order valence-corrected chi connectivity index (χ4v) is 5.58. The summed E-state index contributed by atoms with van der Waals surface area (Å²) in [5.41, 5.74) is 4.29. The first kappa shape index (κ1) is 21.4. The van der Waals surface area contributed by atoms with Gasteiger partial charge in [0.15, 0.2) is 0 Å². The molecule has 0 bridgehead atoms. The number of aromatic nitrogens is 1. The van der Waals surface area contributed by atoms with E-state index in [1.54, 1.807) is 24.3 Å². The molecular formula is C23H28N4O3S. The number of nitrogens with zero attached hydrogens (tertiary/aromatic N) is 1. The van der Waals surface area contributed by atoms with Gasteiger partial charge in [-0.25, -0.2) is 13.2 Å². The van der Waals surface area contributed by atoms with Gasteiger partial charge in [-0.1, -0.05) is 30.3 Å². The molecular weight excluding hydrogens is 412 g/mol. The minimum Gasteiger partial charge on any atom is -0.358 e. The van der Waals surface area contributed by atoms with Crippen molar-refractivity contribution in [2.75, 3.05) is 19.6 Å². The average Bonchev–Trinajstić information content (AvgIpc) is 3.41. The second kappa shape index (κ2) is 9.11. The Morgan fingerprint density at radius 1 is 1.03 bits per heavy atom. The fraction of sp³-hybridized carbons (Fsp3) is 0.348. The molecule has 2 heterocycles. The molecule has 0 atom stereocenters. The second-order valence-electron chi connectivity index (χ2n) is 7.89. The summed E-state index contributed by atoms with van der Waals surface area (Å²) in [7, 11) is -3.41. The molecule has 1 aliphatic heterocycles. The van der Waals surface area contributed by atoms with Crippen LogP contribution in [0.2, 0.25) is 0 Å². The van der Waals surface area contributed by atoms with E-state index >= 15 is 0 Å². The molecule has 2 amide bonds. The van der Waals surface area contributed by atoms with Crippen molar-refractivity contribution in [3.8, 4) is 0 Å². The van der Waals surface area contributed by atoms with Crippen molar-refractivity contribution < 1.29 is 13.2 Å². The summed E-state index contributed by atoms with van der Waals surface area (Å²) < 4.78 is 26.7. The largest absolute Gasteiger partial charge is 0.358 e. The molecule has 0 unspecified atom stereocenters. The molecule has 1 aromatic heterocycles. The summed E-state index contributed by atoms with van der Waals surface area (Å²) in [4.78, 5) is 15.8. The van der Waals surface area contributed by atoms with Crippen molar-refractivity contribution >= 4 is 27.0 Å². The van der Waals surface area contributed by atoms with Crippen LogP contribution in [0.4, 0.5) is 4.79 Å². The maximum Gasteiger partial charge on any atom is 0.315 e. The number of carbonyl (C=O) groups is 1. The molecule has 1 aliphatic rings. The number of hydrogen-bond donors (Lipinski definition) is 3. The third-order valence-corrected chi connectivity index (χ3v) is 7.68. The van der Waals surface area contributed by atoms with Crippen molar-refractivity contribution in [1.29, 1.82) is 0 Å². The van der Waals surface area contributed by atoms with Crippen molar-refractivity contribution in [3.63, 3.8) is 0 Å². The Bertz CT molecular complexity index is 1160. The molecule has 0 radical (unpaired) electrons. The molecule has 1 fully saturated rings. The maximum atomic E-state index is 12.6. The number of urea groups is 1. The smallest absolute Gasteiger partial charge is 0.315 e. The Kier molecular flexibility index (Phi) is 6.29. The van der Waals surface area contributed by atoms with E-state index in [4.69, 9.17) is 0 Å². The van der Waals surface area contributed by atoms with Crippen LogP contribution in [-0.4, -0.2) is 43.4 Å². The molecule has 3 N–H and O–H groups in total. The zero-order valence-electron chi connectivity index (χ0n) is 17.6. The van der Waals surface area contributed by atoms with Crippen molar-refractivity contribution in [3.05, 3.63) is 65.4 Å². The summed E-state index contributed by atoms with van der Waals surface area (Å²) in [6.45, 7) is 4.08. The Morgan fingerprint density at radius 2 is 1.74 bits per heavy atom. The number of fused-ring (bicyclic) bond motifs is 1. The van der Waals surface area contributed by atoms with Gasteiger partial charge in [-0.3, -0.25) is 0 Å². The number of sulfonamides is 1. The summed E-state index contributed by atoms with van der Waals surface area (Å²) in [5, 5.41) is 6.90. The zero-order valence-corrected chi connectivity index (χ0v) is 18.5. The van der Waals surface area contributed by atoms with Gasteiger partial charge in [0, 0.05) is 42.8 Å². The molecule has 164 valence electrons. The zero-order chi connectivity index (χ0) is 21.8. The second-order valence-corrected chi connectivity index (χ2v) is 9.83. The fourth-order valence-electron chi connectivity index (χ4n) is 4.06. The van der Waals surface area contributed by atoms with Gasteiger partial charge in [0.05, 0.1) is 4.90 Å². The summed E-state index contributed by atoms with van der Waals surface area (Å²) >= 11 is 0. The highest BCUT2D eigenvalue weighted by Gasteiger charge is 2.26. The van der Waals surface area contributed by atoms with Crippen LogP contribution >= 0.6 is 0 Å². The lowest BCUT2D eigenvalue weighted by molar-refractivity contribution is 0.240. The van der Waals surface area contributed by atoms with Gasteiger partial charge >= 0.3 is 6.03 Å². The topological polar surface area (TPSA) is 94.3 Å². The summed E-state index contributed by atoms with van der Waals surface area (Å²) in [6, 6.07) is 14.6.